The summed E-state index contributed by atoms with van der Waals surface area (Å²) in [5.41, 5.74) is 1.48. The number of esters is 1. The lowest BCUT2D eigenvalue weighted by Gasteiger charge is -2.37. The van der Waals surface area contributed by atoms with E-state index in [0.717, 1.165) is 15.8 Å². The van der Waals surface area contributed by atoms with Gasteiger partial charge in [-0.25, -0.2) is 4.79 Å². The average molecular weight is 359 g/mol. The Morgan fingerprint density at radius 3 is 2.25 bits per heavy atom. The molecule has 0 N–H and O–H groups in total. The molecule has 5 heteroatoms. The average Bonchev–Trinajstić information content (AvgIpc) is 2.31. The minimum Gasteiger partial charge on any atom is -0.543 e. The molecule has 1 aromatic carbocycles. The van der Waals surface area contributed by atoms with E-state index in [2.05, 4.69) is 49.8 Å². The van der Waals surface area contributed by atoms with Crippen LogP contribution in [-0.4, -0.2) is 21.4 Å². The summed E-state index contributed by atoms with van der Waals surface area (Å²) in [6.45, 7) is 12.9. The number of methoxy groups -OCH3 is 1. The lowest BCUT2D eigenvalue weighted by atomic mass is 10.1. The molecule has 0 spiro atoms. The summed E-state index contributed by atoms with van der Waals surface area (Å²) >= 11 is 3.55. The Balaban J connectivity index is 3.25. The maximum Gasteiger partial charge on any atom is 0.337 e. The first-order chi connectivity index (χ1) is 8.99. The minimum atomic E-state index is -1.95. The topological polar surface area (TPSA) is 35.5 Å². The number of hydrogen-bond acceptors (Lipinski definition) is 3. The number of hydrogen-bond donors (Lipinski definition) is 0. The normalized spacial score (nSPS) is 12.2. The zero-order chi connectivity index (χ0) is 15.7. The molecule has 0 radical (unpaired) electrons. The van der Waals surface area contributed by atoms with Crippen molar-refractivity contribution < 1.29 is 14.0 Å². The van der Waals surface area contributed by atoms with E-state index in [4.69, 9.17) is 9.16 Å². The molecule has 0 aromatic heterocycles. The van der Waals surface area contributed by atoms with Gasteiger partial charge in [-0.15, -0.1) is 0 Å². The van der Waals surface area contributed by atoms with Crippen LogP contribution in [0.15, 0.2) is 16.6 Å². The van der Waals surface area contributed by atoms with E-state index < -0.39 is 8.32 Å². The molecule has 0 bridgehead atoms. The van der Waals surface area contributed by atoms with Gasteiger partial charge in [-0.3, -0.25) is 0 Å². The van der Waals surface area contributed by atoms with Gasteiger partial charge in [0, 0.05) is 0 Å². The summed E-state index contributed by atoms with van der Waals surface area (Å²) < 4.78 is 12.0. The molecule has 0 atom stereocenters. The quantitative estimate of drug-likeness (QED) is 0.567. The van der Waals surface area contributed by atoms with Gasteiger partial charge in [0.1, 0.15) is 5.75 Å². The number of halogens is 1. The lowest BCUT2D eigenvalue weighted by molar-refractivity contribution is 0.0600. The number of benzene rings is 1. The molecule has 0 aliphatic heterocycles. The van der Waals surface area contributed by atoms with Crippen molar-refractivity contribution in [2.24, 2.45) is 0 Å². The van der Waals surface area contributed by atoms with Crippen LogP contribution in [0.2, 0.25) is 18.1 Å². The van der Waals surface area contributed by atoms with Crippen molar-refractivity contribution in [3.63, 3.8) is 0 Å². The molecule has 0 fully saturated rings. The second kappa shape index (κ2) is 5.90. The van der Waals surface area contributed by atoms with E-state index in [0.29, 0.717) is 5.56 Å². The minimum absolute atomic E-state index is 0.0988. The van der Waals surface area contributed by atoms with Gasteiger partial charge < -0.3 is 9.16 Å². The number of ether oxygens (including phenoxy) is 1. The first kappa shape index (κ1) is 17.2. The predicted molar refractivity (Wildman–Crippen MR) is 88.0 cm³/mol. The fraction of sp³-hybridized carbons (Fsp3) is 0.533. The molecule has 0 amide bonds. The Bertz CT molecular complexity index is 519. The van der Waals surface area contributed by atoms with Crippen molar-refractivity contribution >= 4 is 30.2 Å². The van der Waals surface area contributed by atoms with E-state index in [1.165, 1.54) is 7.11 Å². The Labute approximate surface area is 130 Å². The predicted octanol–water partition coefficient (Wildman–Crippen LogP) is 4.93. The first-order valence-electron chi connectivity index (χ1n) is 6.57. The summed E-state index contributed by atoms with van der Waals surface area (Å²) in [7, 11) is -0.567. The molecule has 3 nitrogen and oxygen atoms in total. The fourth-order valence-electron chi connectivity index (χ4n) is 1.48. The largest absolute Gasteiger partial charge is 0.543 e. The maximum atomic E-state index is 11.7. The van der Waals surface area contributed by atoms with Crippen LogP contribution in [0, 0.1) is 6.92 Å². The third kappa shape index (κ3) is 3.64. The van der Waals surface area contributed by atoms with Gasteiger partial charge in [-0.05, 0) is 58.7 Å². The first-order valence-corrected chi connectivity index (χ1v) is 10.3. The molecular weight excluding hydrogens is 336 g/mol. The van der Waals surface area contributed by atoms with E-state index in [9.17, 15) is 4.79 Å². The second-order valence-electron chi connectivity index (χ2n) is 6.46. The Morgan fingerprint density at radius 2 is 1.80 bits per heavy atom. The van der Waals surface area contributed by atoms with Crippen LogP contribution >= 0.6 is 15.9 Å². The molecule has 112 valence electrons. The van der Waals surface area contributed by atoms with Gasteiger partial charge in [0.15, 0.2) is 0 Å². The van der Waals surface area contributed by atoms with Crippen LogP contribution in [0.25, 0.3) is 0 Å². The molecule has 0 aliphatic rings. The molecule has 1 aromatic rings. The molecule has 1 rings (SSSR count). The van der Waals surface area contributed by atoms with E-state index in [1.54, 1.807) is 12.1 Å². The molecule has 0 saturated carbocycles. The summed E-state index contributed by atoms with van der Waals surface area (Å²) in [6.07, 6.45) is 0. The van der Waals surface area contributed by atoms with Crippen molar-refractivity contribution in [1.29, 1.82) is 0 Å². The Hall–Kier alpha value is -0.813. The number of rotatable bonds is 3. The molecule has 20 heavy (non-hydrogen) atoms. The van der Waals surface area contributed by atoms with E-state index in [-0.39, 0.29) is 11.0 Å². The number of carbonyl (C=O) groups excluding carboxylic acids is 1. The molecule has 0 heterocycles. The smallest absolute Gasteiger partial charge is 0.337 e. The second-order valence-corrected chi connectivity index (χ2v) is 12.0. The van der Waals surface area contributed by atoms with Crippen LogP contribution in [0.1, 0.15) is 36.7 Å². The van der Waals surface area contributed by atoms with Gasteiger partial charge in [0.2, 0.25) is 0 Å². The molecule has 0 unspecified atom stereocenters. The van der Waals surface area contributed by atoms with Gasteiger partial charge in [-0.1, -0.05) is 20.8 Å². The van der Waals surface area contributed by atoms with Crippen molar-refractivity contribution in [1.82, 2.24) is 0 Å². The summed E-state index contributed by atoms with van der Waals surface area (Å²) in [5, 5.41) is 0.0988. The highest BCUT2D eigenvalue weighted by Gasteiger charge is 2.39. The zero-order valence-corrected chi connectivity index (χ0v) is 15.8. The summed E-state index contributed by atoms with van der Waals surface area (Å²) in [4.78, 5) is 11.7. The van der Waals surface area contributed by atoms with E-state index in [1.807, 2.05) is 6.92 Å². The third-order valence-corrected chi connectivity index (χ3v) is 9.17. The van der Waals surface area contributed by atoms with Crippen molar-refractivity contribution in [3.8, 4) is 5.75 Å². The van der Waals surface area contributed by atoms with Gasteiger partial charge in [-0.2, -0.15) is 0 Å². The standard InChI is InChI=1S/C15H23BrO3Si/c1-10-8-11(14(17)18-5)9-12(13(10)16)19-20(6,7)15(2,3)4/h8-9H,1-7H3. The van der Waals surface area contributed by atoms with Crippen LogP contribution in [0.5, 0.6) is 5.75 Å². The van der Waals surface area contributed by atoms with Crippen LogP contribution in [0.3, 0.4) is 0 Å². The Kier molecular flexibility index (Phi) is 5.08. The SMILES string of the molecule is COC(=O)c1cc(C)c(Br)c(O[Si](C)(C)C(C)(C)C)c1. The molecule has 0 saturated heterocycles. The summed E-state index contributed by atoms with van der Waals surface area (Å²) in [6, 6.07) is 3.55. The monoisotopic (exact) mass is 358 g/mol. The van der Waals surface area contributed by atoms with Gasteiger partial charge in [0.25, 0.3) is 8.32 Å². The molecular formula is C15H23BrO3Si. The zero-order valence-electron chi connectivity index (χ0n) is 13.3. The molecule has 0 aliphatic carbocycles. The highest BCUT2D eigenvalue weighted by Crippen LogP contribution is 2.40. The van der Waals surface area contributed by atoms with E-state index >= 15 is 0 Å². The number of aryl methyl sites for hydroxylation is 1. The Morgan fingerprint density at radius 1 is 1.25 bits per heavy atom. The van der Waals surface area contributed by atoms with Crippen LogP contribution in [0.4, 0.5) is 0 Å². The van der Waals surface area contributed by atoms with Crippen molar-refractivity contribution in [2.75, 3.05) is 7.11 Å². The summed E-state index contributed by atoms with van der Waals surface area (Å²) in [5.74, 6) is 0.373. The van der Waals surface area contributed by atoms with Crippen LogP contribution in [-0.2, 0) is 4.74 Å². The maximum absolute atomic E-state index is 11.7. The van der Waals surface area contributed by atoms with Crippen molar-refractivity contribution in [3.05, 3.63) is 27.7 Å². The highest BCUT2D eigenvalue weighted by molar-refractivity contribution is 9.10. The van der Waals surface area contributed by atoms with Crippen molar-refractivity contribution in [2.45, 2.75) is 45.8 Å². The van der Waals surface area contributed by atoms with Gasteiger partial charge in [0.05, 0.1) is 17.1 Å². The fourth-order valence-corrected chi connectivity index (χ4v) is 2.95. The number of carbonyl (C=O) groups is 1. The highest BCUT2D eigenvalue weighted by atomic mass is 79.9. The third-order valence-electron chi connectivity index (χ3n) is 3.81. The van der Waals surface area contributed by atoms with Gasteiger partial charge >= 0.3 is 5.97 Å². The lowest BCUT2D eigenvalue weighted by Crippen LogP contribution is -2.44. The van der Waals surface area contributed by atoms with Crippen LogP contribution < -0.4 is 4.43 Å².